The van der Waals surface area contributed by atoms with Crippen LogP contribution in [-0.4, -0.2) is 21.0 Å². The minimum Gasteiger partial charge on any atom is -0.481 e. The number of hydrogen-bond acceptors (Lipinski definition) is 4. The van der Waals surface area contributed by atoms with Crippen molar-refractivity contribution in [1.82, 2.24) is 4.98 Å². The second-order valence-corrected chi connectivity index (χ2v) is 4.84. The van der Waals surface area contributed by atoms with E-state index in [-0.39, 0.29) is 5.69 Å². The first kappa shape index (κ1) is 13.1. The molecule has 0 spiro atoms. The highest BCUT2D eigenvalue weighted by Crippen LogP contribution is 2.34. The average Bonchev–Trinajstić information content (AvgIpc) is 2.15. The second kappa shape index (κ2) is 4.48. The summed E-state index contributed by atoms with van der Waals surface area (Å²) in [5, 5.41) is 19.6. The smallest absolute Gasteiger partial charge is 0.313 e. The molecule has 1 rings (SSSR count). The Balaban J connectivity index is 3.13. The molecule has 1 aromatic rings. The summed E-state index contributed by atoms with van der Waals surface area (Å²) in [5.41, 5.74) is -0.322. The molecule has 6 heteroatoms. The number of hydrogen-bond donors (Lipinski definition) is 1. The zero-order valence-corrected chi connectivity index (χ0v) is 9.88. The number of pyridine rings is 1. The van der Waals surface area contributed by atoms with E-state index in [1.807, 2.05) is 0 Å². The molecule has 1 N–H and O–H groups in total. The molecule has 6 nitrogen and oxygen atoms in total. The molecule has 0 saturated heterocycles. The number of nitrogens with zero attached hydrogens (tertiary/aromatic N) is 2. The summed E-state index contributed by atoms with van der Waals surface area (Å²) in [7, 11) is 0. The first-order valence-corrected chi connectivity index (χ1v) is 5.06. The van der Waals surface area contributed by atoms with Crippen molar-refractivity contribution in [1.29, 1.82) is 0 Å². The van der Waals surface area contributed by atoms with Crippen molar-refractivity contribution in [2.24, 2.45) is 5.41 Å². The van der Waals surface area contributed by atoms with E-state index in [0.717, 1.165) is 6.20 Å². The van der Waals surface area contributed by atoms with Gasteiger partial charge in [0.25, 0.3) is 5.69 Å². The maximum atomic E-state index is 11.2. The van der Waals surface area contributed by atoms with Gasteiger partial charge in [0.15, 0.2) is 0 Å². The molecule has 0 aliphatic carbocycles. The summed E-state index contributed by atoms with van der Waals surface area (Å²) in [5.74, 6) is -1.78. The summed E-state index contributed by atoms with van der Waals surface area (Å²) < 4.78 is 0. The lowest BCUT2D eigenvalue weighted by Crippen LogP contribution is -2.27. The van der Waals surface area contributed by atoms with Crippen LogP contribution in [0.1, 0.15) is 32.4 Å². The van der Waals surface area contributed by atoms with Gasteiger partial charge in [-0.25, -0.2) is 0 Å². The van der Waals surface area contributed by atoms with Gasteiger partial charge in [-0.3, -0.25) is 19.9 Å². The molecule has 0 bridgehead atoms. The third kappa shape index (κ3) is 2.99. The zero-order valence-electron chi connectivity index (χ0n) is 9.88. The Hall–Kier alpha value is -1.98. The third-order valence-electron chi connectivity index (χ3n) is 2.39. The fourth-order valence-corrected chi connectivity index (χ4v) is 1.62. The molecule has 0 radical (unpaired) electrons. The highest BCUT2D eigenvalue weighted by molar-refractivity contribution is 5.76. The van der Waals surface area contributed by atoms with Crippen LogP contribution in [-0.2, 0) is 4.79 Å². The van der Waals surface area contributed by atoms with Crippen LogP contribution in [0.15, 0.2) is 18.3 Å². The molecule has 0 fully saturated rings. The number of carboxylic acids is 1. The first-order chi connectivity index (χ1) is 7.73. The molecule has 1 aromatic heterocycles. The number of aliphatic carboxylic acids is 1. The zero-order chi connectivity index (χ0) is 13.2. The standard InChI is InChI=1S/C11H14N2O4/c1-11(2,3)9(10(14)15)8-5-4-7(6-12-8)13(16)17/h4-6,9H,1-3H3,(H,14,15). The largest absolute Gasteiger partial charge is 0.481 e. The minimum absolute atomic E-state index is 0.146. The molecule has 17 heavy (non-hydrogen) atoms. The number of rotatable bonds is 3. The lowest BCUT2D eigenvalue weighted by molar-refractivity contribution is -0.385. The summed E-state index contributed by atoms with van der Waals surface area (Å²) >= 11 is 0. The Kier molecular flexibility index (Phi) is 3.45. The highest BCUT2D eigenvalue weighted by atomic mass is 16.6. The van der Waals surface area contributed by atoms with Gasteiger partial charge in [-0.05, 0) is 11.5 Å². The van der Waals surface area contributed by atoms with Crippen LogP contribution >= 0.6 is 0 Å². The molecule has 0 amide bonds. The van der Waals surface area contributed by atoms with Gasteiger partial charge < -0.3 is 5.11 Å². The van der Waals surface area contributed by atoms with Crippen LogP contribution in [0.5, 0.6) is 0 Å². The van der Waals surface area contributed by atoms with E-state index in [9.17, 15) is 14.9 Å². The van der Waals surface area contributed by atoms with Gasteiger partial charge >= 0.3 is 5.97 Å². The van der Waals surface area contributed by atoms with Crippen molar-refractivity contribution in [2.75, 3.05) is 0 Å². The fourth-order valence-electron chi connectivity index (χ4n) is 1.62. The van der Waals surface area contributed by atoms with Crippen molar-refractivity contribution in [3.05, 3.63) is 34.1 Å². The van der Waals surface area contributed by atoms with Gasteiger partial charge in [0.05, 0.1) is 10.6 Å². The molecule has 0 aliphatic rings. The van der Waals surface area contributed by atoms with Crippen molar-refractivity contribution in [3.8, 4) is 0 Å². The number of aromatic nitrogens is 1. The Labute approximate surface area is 98.4 Å². The fraction of sp³-hybridized carbons (Fsp3) is 0.455. The molecule has 0 saturated carbocycles. The Morgan fingerprint density at radius 3 is 2.35 bits per heavy atom. The van der Waals surface area contributed by atoms with Gasteiger partial charge in [0, 0.05) is 6.07 Å². The van der Waals surface area contributed by atoms with E-state index >= 15 is 0 Å². The van der Waals surface area contributed by atoms with Crippen molar-refractivity contribution in [2.45, 2.75) is 26.7 Å². The monoisotopic (exact) mass is 238 g/mol. The normalized spacial score (nSPS) is 13.1. The topological polar surface area (TPSA) is 93.3 Å². The van der Waals surface area contributed by atoms with Crippen molar-refractivity contribution < 1.29 is 14.8 Å². The molecule has 0 aliphatic heterocycles. The minimum atomic E-state index is -0.987. The van der Waals surface area contributed by atoms with Crippen LogP contribution in [0.4, 0.5) is 5.69 Å². The summed E-state index contributed by atoms with van der Waals surface area (Å²) in [4.78, 5) is 25.0. The van der Waals surface area contributed by atoms with E-state index in [1.165, 1.54) is 12.1 Å². The lowest BCUT2D eigenvalue weighted by atomic mass is 9.78. The third-order valence-corrected chi connectivity index (χ3v) is 2.39. The van der Waals surface area contributed by atoms with E-state index in [0.29, 0.717) is 5.69 Å². The molecule has 0 aromatic carbocycles. The summed E-state index contributed by atoms with van der Waals surface area (Å²) in [6.07, 6.45) is 1.08. The van der Waals surface area contributed by atoms with Crippen LogP contribution in [0.2, 0.25) is 0 Å². The highest BCUT2D eigenvalue weighted by Gasteiger charge is 2.34. The molecular weight excluding hydrogens is 224 g/mol. The predicted molar refractivity (Wildman–Crippen MR) is 60.7 cm³/mol. The summed E-state index contributed by atoms with van der Waals surface area (Å²) in [6, 6.07) is 2.66. The molecule has 1 atom stereocenters. The van der Waals surface area contributed by atoms with E-state index in [1.54, 1.807) is 20.8 Å². The predicted octanol–water partition coefficient (Wildman–Crippen LogP) is 2.20. The van der Waals surface area contributed by atoms with Gasteiger partial charge in [-0.1, -0.05) is 20.8 Å². The SMILES string of the molecule is CC(C)(C)C(C(=O)O)c1ccc([N+](=O)[O-])cn1. The van der Waals surface area contributed by atoms with E-state index in [4.69, 9.17) is 5.11 Å². The average molecular weight is 238 g/mol. The molecule has 1 unspecified atom stereocenters. The Morgan fingerprint density at radius 1 is 1.47 bits per heavy atom. The van der Waals surface area contributed by atoms with Gasteiger partial charge in [-0.15, -0.1) is 0 Å². The van der Waals surface area contributed by atoms with Gasteiger partial charge in [-0.2, -0.15) is 0 Å². The number of nitro groups is 1. The lowest BCUT2D eigenvalue weighted by Gasteiger charge is -2.26. The van der Waals surface area contributed by atoms with E-state index < -0.39 is 22.2 Å². The van der Waals surface area contributed by atoms with Gasteiger partial charge in [0.1, 0.15) is 12.1 Å². The Morgan fingerprint density at radius 2 is 2.06 bits per heavy atom. The van der Waals surface area contributed by atoms with Crippen molar-refractivity contribution in [3.63, 3.8) is 0 Å². The van der Waals surface area contributed by atoms with Crippen molar-refractivity contribution >= 4 is 11.7 Å². The Bertz CT molecular complexity index is 434. The maximum absolute atomic E-state index is 11.2. The van der Waals surface area contributed by atoms with Crippen LogP contribution < -0.4 is 0 Å². The molecular formula is C11H14N2O4. The second-order valence-electron chi connectivity index (χ2n) is 4.84. The van der Waals surface area contributed by atoms with Crippen LogP contribution in [0, 0.1) is 15.5 Å². The van der Waals surface area contributed by atoms with Crippen LogP contribution in [0.25, 0.3) is 0 Å². The summed E-state index contributed by atoms with van der Waals surface area (Å²) in [6.45, 7) is 5.36. The number of carbonyl (C=O) groups is 1. The molecule has 92 valence electrons. The molecule has 1 heterocycles. The van der Waals surface area contributed by atoms with Crippen LogP contribution in [0.3, 0.4) is 0 Å². The number of carboxylic acid groups (broad SMARTS) is 1. The van der Waals surface area contributed by atoms with Gasteiger partial charge in [0.2, 0.25) is 0 Å². The maximum Gasteiger partial charge on any atom is 0.313 e. The van der Waals surface area contributed by atoms with E-state index in [2.05, 4.69) is 4.98 Å². The first-order valence-electron chi connectivity index (χ1n) is 5.06. The quantitative estimate of drug-likeness (QED) is 0.643.